The summed E-state index contributed by atoms with van der Waals surface area (Å²) in [5.41, 5.74) is 8.42. The zero-order valence-electron chi connectivity index (χ0n) is 11.2. The molecule has 4 N–H and O–H groups in total. The molecule has 0 atom stereocenters. The van der Waals surface area contributed by atoms with E-state index in [1.54, 1.807) is 31.5 Å². The van der Waals surface area contributed by atoms with Crippen molar-refractivity contribution in [2.45, 2.75) is 0 Å². The Labute approximate surface area is 122 Å². The number of primary amides is 1. The highest BCUT2D eigenvalue weighted by atomic mass is 32.1. The van der Waals surface area contributed by atoms with Crippen LogP contribution in [0, 0.1) is 0 Å². The van der Waals surface area contributed by atoms with Gasteiger partial charge >= 0.3 is 0 Å². The molecule has 0 bridgehead atoms. The highest BCUT2D eigenvalue weighted by Crippen LogP contribution is 2.27. The molecule has 0 aliphatic carbocycles. The second-order valence-corrected chi connectivity index (χ2v) is 4.02. The van der Waals surface area contributed by atoms with Crippen LogP contribution in [0.1, 0.15) is 5.56 Å². The van der Waals surface area contributed by atoms with Crippen LogP contribution in [-0.4, -0.2) is 38.0 Å². The number of nitrogens with one attached hydrogen (secondary N) is 2. The molecule has 7 nitrogen and oxygen atoms in total. The van der Waals surface area contributed by atoms with E-state index in [9.17, 15) is 4.79 Å². The van der Waals surface area contributed by atoms with Crippen LogP contribution < -0.4 is 25.9 Å². The minimum atomic E-state index is -0.553. The highest BCUT2D eigenvalue weighted by Gasteiger charge is 2.06. The number of amides is 1. The second kappa shape index (κ2) is 7.95. The van der Waals surface area contributed by atoms with E-state index in [1.807, 2.05) is 0 Å². The number of carbonyl (C=O) groups is 1. The van der Waals surface area contributed by atoms with Crippen molar-refractivity contribution < 1.29 is 14.3 Å². The first kappa shape index (κ1) is 15.7. The third-order valence-corrected chi connectivity index (χ3v) is 2.46. The predicted octanol–water partition coefficient (Wildman–Crippen LogP) is -0.0129. The van der Waals surface area contributed by atoms with Crippen molar-refractivity contribution in [2.75, 3.05) is 20.8 Å². The molecular weight excluding hydrogens is 280 g/mol. The maximum absolute atomic E-state index is 10.7. The fraction of sp³-hybridized carbons (Fsp3) is 0.250. The molecule has 1 amide bonds. The van der Waals surface area contributed by atoms with Gasteiger partial charge in [-0.1, -0.05) is 0 Å². The maximum atomic E-state index is 10.7. The number of nitrogens with two attached hydrogens (primary N) is 1. The lowest BCUT2D eigenvalue weighted by molar-refractivity contribution is -0.119. The average molecular weight is 296 g/mol. The molecule has 1 rings (SSSR count). The molecule has 0 fully saturated rings. The highest BCUT2D eigenvalue weighted by molar-refractivity contribution is 7.80. The van der Waals surface area contributed by atoms with E-state index in [1.165, 1.54) is 7.11 Å². The second-order valence-electron chi connectivity index (χ2n) is 3.61. The molecule has 0 saturated heterocycles. The minimum absolute atomic E-state index is 0.207. The Hall–Kier alpha value is -2.35. The zero-order valence-corrected chi connectivity index (χ0v) is 12.0. The van der Waals surface area contributed by atoms with E-state index in [2.05, 4.69) is 15.8 Å². The van der Waals surface area contributed by atoms with Crippen molar-refractivity contribution >= 4 is 29.5 Å². The summed E-state index contributed by atoms with van der Waals surface area (Å²) in [4.78, 5) is 10.7. The first-order valence-electron chi connectivity index (χ1n) is 5.66. The van der Waals surface area contributed by atoms with Crippen LogP contribution >= 0.6 is 12.2 Å². The van der Waals surface area contributed by atoms with Gasteiger partial charge in [-0.25, -0.2) is 0 Å². The van der Waals surface area contributed by atoms with Crippen LogP contribution in [-0.2, 0) is 4.79 Å². The Morgan fingerprint density at radius 3 is 2.85 bits per heavy atom. The molecular formula is C12H16N4O3S. The molecule has 0 unspecified atom stereocenters. The molecule has 108 valence electrons. The molecule has 0 aromatic heterocycles. The van der Waals surface area contributed by atoms with Crippen LogP contribution in [0.3, 0.4) is 0 Å². The summed E-state index contributed by atoms with van der Waals surface area (Å²) in [5.74, 6) is 0.357. The number of nitrogens with zero attached hydrogens (tertiary/aromatic N) is 1. The average Bonchev–Trinajstić information content (AvgIpc) is 2.45. The molecule has 8 heteroatoms. The van der Waals surface area contributed by atoms with Crippen molar-refractivity contribution in [1.29, 1.82) is 0 Å². The fourth-order valence-corrected chi connectivity index (χ4v) is 1.31. The summed E-state index contributed by atoms with van der Waals surface area (Å²) >= 11 is 4.87. The quantitative estimate of drug-likeness (QED) is 0.388. The van der Waals surface area contributed by atoms with Crippen molar-refractivity contribution in [2.24, 2.45) is 10.8 Å². The number of hydrogen-bond acceptors (Lipinski definition) is 5. The lowest BCUT2D eigenvalue weighted by Crippen LogP contribution is -2.28. The normalized spacial score (nSPS) is 10.1. The lowest BCUT2D eigenvalue weighted by atomic mass is 10.2. The van der Waals surface area contributed by atoms with Gasteiger partial charge in [-0.3, -0.25) is 10.2 Å². The van der Waals surface area contributed by atoms with Crippen LogP contribution in [0.4, 0.5) is 0 Å². The fourth-order valence-electron chi connectivity index (χ4n) is 1.25. The molecule has 0 heterocycles. The minimum Gasteiger partial charge on any atom is -0.493 e. The number of carbonyl (C=O) groups excluding carboxylic acids is 1. The molecule has 1 aromatic rings. The van der Waals surface area contributed by atoms with Crippen LogP contribution in [0.25, 0.3) is 0 Å². The third kappa shape index (κ3) is 5.11. The molecule has 0 aliphatic rings. The number of benzene rings is 1. The molecule has 1 aromatic carbocycles. The Morgan fingerprint density at radius 1 is 1.50 bits per heavy atom. The number of rotatable bonds is 6. The van der Waals surface area contributed by atoms with Gasteiger partial charge < -0.3 is 20.5 Å². The van der Waals surface area contributed by atoms with Crippen LogP contribution in [0.5, 0.6) is 11.5 Å². The Kier molecular flexibility index (Phi) is 6.24. The van der Waals surface area contributed by atoms with E-state index in [-0.39, 0.29) is 6.61 Å². The number of methoxy groups -OCH3 is 1. The van der Waals surface area contributed by atoms with Gasteiger partial charge in [-0.2, -0.15) is 5.10 Å². The Morgan fingerprint density at radius 2 is 2.25 bits per heavy atom. The topological polar surface area (TPSA) is 98.0 Å². The van der Waals surface area contributed by atoms with E-state index in [4.69, 9.17) is 27.4 Å². The number of ether oxygens (including phenoxy) is 2. The monoisotopic (exact) mass is 296 g/mol. The van der Waals surface area contributed by atoms with Gasteiger partial charge in [-0.15, -0.1) is 0 Å². The van der Waals surface area contributed by atoms with Crippen molar-refractivity contribution in [3.63, 3.8) is 0 Å². The molecule has 0 aliphatic heterocycles. The van der Waals surface area contributed by atoms with Gasteiger partial charge in [0.05, 0.1) is 13.3 Å². The van der Waals surface area contributed by atoms with E-state index < -0.39 is 5.91 Å². The van der Waals surface area contributed by atoms with Gasteiger partial charge in [0.2, 0.25) is 0 Å². The standard InChI is InChI=1S/C12H16N4O3S/c1-14-12(20)16-15-6-8-3-4-9(10(5-8)18-2)19-7-11(13)17/h3-6H,7H2,1-2H3,(H2,13,17)(H2,14,16,20)/b15-6+. The predicted molar refractivity (Wildman–Crippen MR) is 80.1 cm³/mol. The molecule has 20 heavy (non-hydrogen) atoms. The first-order valence-corrected chi connectivity index (χ1v) is 6.07. The van der Waals surface area contributed by atoms with Crippen molar-refractivity contribution in [3.8, 4) is 11.5 Å². The number of thiocarbonyl (C=S) groups is 1. The van der Waals surface area contributed by atoms with Gasteiger partial charge in [0, 0.05) is 7.05 Å². The van der Waals surface area contributed by atoms with E-state index in [0.717, 1.165) is 5.56 Å². The van der Waals surface area contributed by atoms with Gasteiger partial charge in [-0.05, 0) is 36.0 Å². The summed E-state index contributed by atoms with van der Waals surface area (Å²) < 4.78 is 10.4. The van der Waals surface area contributed by atoms with Crippen molar-refractivity contribution in [3.05, 3.63) is 23.8 Å². The maximum Gasteiger partial charge on any atom is 0.255 e. The van der Waals surface area contributed by atoms with Gasteiger partial charge in [0.25, 0.3) is 5.91 Å². The molecule has 0 saturated carbocycles. The first-order chi connectivity index (χ1) is 9.56. The number of hydrogen-bond donors (Lipinski definition) is 3. The zero-order chi connectivity index (χ0) is 15.0. The van der Waals surface area contributed by atoms with Gasteiger partial charge in [0.15, 0.2) is 23.2 Å². The SMILES string of the molecule is CNC(=S)N/N=C/c1ccc(OCC(N)=O)c(OC)c1. The number of hydrazone groups is 1. The van der Waals surface area contributed by atoms with Gasteiger partial charge in [0.1, 0.15) is 0 Å². The Balaban J connectivity index is 2.76. The molecule has 0 radical (unpaired) electrons. The summed E-state index contributed by atoms with van der Waals surface area (Å²) in [6, 6.07) is 5.13. The summed E-state index contributed by atoms with van der Waals surface area (Å²) in [7, 11) is 3.19. The Bertz CT molecular complexity index is 519. The summed E-state index contributed by atoms with van der Waals surface area (Å²) in [6.45, 7) is -0.207. The van der Waals surface area contributed by atoms with Crippen LogP contribution in [0.15, 0.2) is 23.3 Å². The third-order valence-electron chi connectivity index (χ3n) is 2.16. The smallest absolute Gasteiger partial charge is 0.255 e. The molecule has 0 spiro atoms. The van der Waals surface area contributed by atoms with E-state index in [0.29, 0.717) is 16.6 Å². The summed E-state index contributed by atoms with van der Waals surface area (Å²) in [6.07, 6.45) is 1.57. The lowest BCUT2D eigenvalue weighted by Gasteiger charge is -2.09. The summed E-state index contributed by atoms with van der Waals surface area (Å²) in [5, 5.41) is 7.08. The van der Waals surface area contributed by atoms with Crippen LogP contribution in [0.2, 0.25) is 0 Å². The van der Waals surface area contributed by atoms with Crippen molar-refractivity contribution in [1.82, 2.24) is 10.7 Å². The largest absolute Gasteiger partial charge is 0.493 e. The van der Waals surface area contributed by atoms with E-state index >= 15 is 0 Å².